The molecule has 0 amide bonds. The average molecular weight is 334 g/mol. The van der Waals surface area contributed by atoms with E-state index in [1.807, 2.05) is 43.3 Å². The van der Waals surface area contributed by atoms with Gasteiger partial charge in [-0.15, -0.1) is 0 Å². The number of Topliss-reactive ketones (excluding diaryl/α,β-unsaturated/α-hetero) is 1. The van der Waals surface area contributed by atoms with Gasteiger partial charge in [0, 0.05) is 18.0 Å². The van der Waals surface area contributed by atoms with Crippen LogP contribution in [0.1, 0.15) is 21.7 Å². The Balaban J connectivity index is 1.93. The van der Waals surface area contributed by atoms with E-state index in [2.05, 4.69) is 15.0 Å². The molecule has 1 aromatic heterocycles. The number of carbonyl (C=O) groups excluding carboxylic acids is 1. The van der Waals surface area contributed by atoms with Crippen molar-refractivity contribution in [3.63, 3.8) is 0 Å². The van der Waals surface area contributed by atoms with Gasteiger partial charge in [0.05, 0.1) is 24.7 Å². The molecule has 0 bridgehead atoms. The highest BCUT2D eigenvalue weighted by Crippen LogP contribution is 2.27. The predicted molar refractivity (Wildman–Crippen MR) is 97.0 cm³/mol. The normalized spacial score (nSPS) is 11.5. The van der Waals surface area contributed by atoms with E-state index >= 15 is 0 Å². The third-order valence-electron chi connectivity index (χ3n) is 3.79. The van der Waals surface area contributed by atoms with Crippen LogP contribution in [0.4, 0.5) is 5.69 Å². The number of methoxy groups -OCH3 is 1. The third kappa shape index (κ3) is 3.80. The molecule has 0 unspecified atom stereocenters. The lowest BCUT2D eigenvalue weighted by Crippen LogP contribution is -2.12. The number of aliphatic imine (C=N–C) groups is 1. The zero-order chi connectivity index (χ0) is 17.8. The van der Waals surface area contributed by atoms with Gasteiger partial charge >= 0.3 is 0 Å². The number of carbonyl (C=O) groups is 1. The molecule has 2 N–H and O–H groups in total. The number of hydrogen-bond donors (Lipinski definition) is 1. The van der Waals surface area contributed by atoms with E-state index < -0.39 is 0 Å². The van der Waals surface area contributed by atoms with Crippen molar-refractivity contribution in [3.8, 4) is 0 Å². The molecule has 6 heteroatoms. The quantitative estimate of drug-likeness (QED) is 0.450. The molecule has 0 saturated heterocycles. The topological polar surface area (TPSA) is 90.5 Å². The van der Waals surface area contributed by atoms with Crippen molar-refractivity contribution in [2.75, 3.05) is 7.11 Å². The summed E-state index contributed by atoms with van der Waals surface area (Å²) in [5, 5.41) is 1.92. The molecule has 25 heavy (non-hydrogen) atoms. The van der Waals surface area contributed by atoms with Crippen LogP contribution < -0.4 is 5.73 Å². The molecule has 0 saturated carbocycles. The van der Waals surface area contributed by atoms with E-state index in [1.165, 1.54) is 13.3 Å². The lowest BCUT2D eigenvalue weighted by Gasteiger charge is -2.07. The Hall–Kier alpha value is -3.28. The number of aryl methyl sites for hydroxylation is 1. The van der Waals surface area contributed by atoms with Gasteiger partial charge in [-0.3, -0.25) is 9.78 Å². The van der Waals surface area contributed by atoms with Crippen LogP contribution in [0.2, 0.25) is 0 Å². The first-order valence-electron chi connectivity index (χ1n) is 7.78. The molecule has 3 rings (SSSR count). The monoisotopic (exact) mass is 334 g/mol. The molecule has 0 atom stereocenters. The molecule has 1 heterocycles. The number of aromatic nitrogens is 2. The Morgan fingerprint density at radius 1 is 1.20 bits per heavy atom. The molecule has 0 aliphatic carbocycles. The Kier molecular flexibility index (Phi) is 4.70. The molecule has 126 valence electrons. The molecule has 0 aliphatic rings. The maximum atomic E-state index is 12.4. The van der Waals surface area contributed by atoms with E-state index in [4.69, 9.17) is 10.5 Å². The molecule has 6 nitrogen and oxygen atoms in total. The zero-order valence-corrected chi connectivity index (χ0v) is 14.1. The van der Waals surface area contributed by atoms with Crippen molar-refractivity contribution in [2.45, 2.75) is 13.3 Å². The van der Waals surface area contributed by atoms with Crippen molar-refractivity contribution >= 4 is 28.3 Å². The number of ketones is 1. The van der Waals surface area contributed by atoms with E-state index in [0.29, 0.717) is 11.4 Å². The van der Waals surface area contributed by atoms with Gasteiger partial charge in [0.25, 0.3) is 6.02 Å². The number of fused-ring (bicyclic) bond motifs is 1. The third-order valence-corrected chi connectivity index (χ3v) is 3.79. The molecule has 0 fully saturated rings. The lowest BCUT2D eigenvalue weighted by molar-refractivity contribution is 0.0988. The summed E-state index contributed by atoms with van der Waals surface area (Å²) >= 11 is 0. The van der Waals surface area contributed by atoms with Gasteiger partial charge in [-0.05, 0) is 30.0 Å². The van der Waals surface area contributed by atoms with Gasteiger partial charge in [0.15, 0.2) is 5.78 Å². The van der Waals surface area contributed by atoms with Crippen LogP contribution in [0.25, 0.3) is 10.8 Å². The summed E-state index contributed by atoms with van der Waals surface area (Å²) in [6, 6.07) is 11.6. The second-order valence-electron chi connectivity index (χ2n) is 5.63. The fourth-order valence-electron chi connectivity index (χ4n) is 2.49. The van der Waals surface area contributed by atoms with Crippen LogP contribution in [0, 0.1) is 6.92 Å². The van der Waals surface area contributed by atoms with Crippen molar-refractivity contribution in [1.82, 2.24) is 9.97 Å². The Labute approximate surface area is 145 Å². The van der Waals surface area contributed by atoms with Crippen molar-refractivity contribution in [3.05, 3.63) is 65.7 Å². The SMILES string of the molecule is COC(N)=Nc1cccc2ccc(CC(=O)c3cnc(C)cn3)cc12. The van der Waals surface area contributed by atoms with Gasteiger partial charge in [-0.25, -0.2) is 4.98 Å². The second kappa shape index (κ2) is 7.09. The number of ether oxygens (including phenoxy) is 1. The van der Waals surface area contributed by atoms with Crippen LogP contribution in [-0.4, -0.2) is 28.9 Å². The summed E-state index contributed by atoms with van der Waals surface area (Å²) in [5.74, 6) is -0.0794. The van der Waals surface area contributed by atoms with Crippen LogP contribution in [0.15, 0.2) is 53.8 Å². The van der Waals surface area contributed by atoms with E-state index in [1.54, 1.807) is 6.20 Å². The number of amidine groups is 1. The molecule has 3 aromatic rings. The highest BCUT2D eigenvalue weighted by molar-refractivity contribution is 5.98. The van der Waals surface area contributed by atoms with Gasteiger partial charge in [0.2, 0.25) is 0 Å². The van der Waals surface area contributed by atoms with Crippen molar-refractivity contribution in [1.29, 1.82) is 0 Å². The van der Waals surface area contributed by atoms with E-state index in [-0.39, 0.29) is 18.2 Å². The van der Waals surface area contributed by atoms with E-state index in [0.717, 1.165) is 22.0 Å². The highest BCUT2D eigenvalue weighted by Gasteiger charge is 2.10. The standard InChI is InChI=1S/C19H18N4O2/c1-12-10-22-17(11-21-12)18(24)9-13-6-7-14-4-3-5-16(15(14)8-13)23-19(20)25-2/h3-8,10-11H,9H2,1-2H3,(H2,20,23). The Bertz CT molecular complexity index is 949. The predicted octanol–water partition coefficient (Wildman–Crippen LogP) is 2.96. The largest absolute Gasteiger partial charge is 0.469 e. The van der Waals surface area contributed by atoms with Crippen LogP contribution in [-0.2, 0) is 11.2 Å². The zero-order valence-electron chi connectivity index (χ0n) is 14.1. The summed E-state index contributed by atoms with van der Waals surface area (Å²) in [4.78, 5) is 24.9. The Morgan fingerprint density at radius 2 is 2.04 bits per heavy atom. The summed E-state index contributed by atoms with van der Waals surface area (Å²) in [5.41, 5.74) is 8.37. The molecule has 0 spiro atoms. The number of nitrogens with zero attached hydrogens (tertiary/aromatic N) is 3. The summed E-state index contributed by atoms with van der Waals surface area (Å²) in [6.07, 6.45) is 3.34. The second-order valence-corrected chi connectivity index (χ2v) is 5.63. The average Bonchev–Trinajstić information content (AvgIpc) is 2.62. The summed E-state index contributed by atoms with van der Waals surface area (Å²) < 4.78 is 4.92. The minimum atomic E-state index is -0.0794. The fraction of sp³-hybridized carbons (Fsp3) is 0.158. The molecular formula is C19H18N4O2. The van der Waals surface area contributed by atoms with Crippen molar-refractivity contribution < 1.29 is 9.53 Å². The first-order chi connectivity index (χ1) is 12.1. The molecule has 2 aromatic carbocycles. The van der Waals surface area contributed by atoms with Gasteiger partial charge in [0.1, 0.15) is 5.69 Å². The molecular weight excluding hydrogens is 316 g/mol. The summed E-state index contributed by atoms with van der Waals surface area (Å²) in [6.45, 7) is 1.83. The number of rotatable bonds is 4. The van der Waals surface area contributed by atoms with Gasteiger partial charge < -0.3 is 10.5 Å². The number of benzene rings is 2. The van der Waals surface area contributed by atoms with E-state index in [9.17, 15) is 4.79 Å². The minimum Gasteiger partial charge on any atom is -0.469 e. The molecule has 0 aliphatic heterocycles. The minimum absolute atomic E-state index is 0.0794. The maximum absolute atomic E-state index is 12.4. The maximum Gasteiger partial charge on any atom is 0.286 e. The highest BCUT2D eigenvalue weighted by atomic mass is 16.5. The first kappa shape index (κ1) is 16.6. The first-order valence-corrected chi connectivity index (χ1v) is 7.78. The lowest BCUT2D eigenvalue weighted by atomic mass is 10.0. The van der Waals surface area contributed by atoms with Crippen molar-refractivity contribution in [2.24, 2.45) is 10.7 Å². The smallest absolute Gasteiger partial charge is 0.286 e. The van der Waals surface area contributed by atoms with Gasteiger partial charge in [-0.2, -0.15) is 4.99 Å². The van der Waals surface area contributed by atoms with Crippen LogP contribution >= 0.6 is 0 Å². The van der Waals surface area contributed by atoms with Crippen LogP contribution in [0.5, 0.6) is 0 Å². The van der Waals surface area contributed by atoms with Crippen LogP contribution in [0.3, 0.4) is 0 Å². The fourth-order valence-corrected chi connectivity index (χ4v) is 2.49. The summed E-state index contributed by atoms with van der Waals surface area (Å²) in [7, 11) is 1.47. The van der Waals surface area contributed by atoms with Gasteiger partial charge in [-0.1, -0.05) is 24.3 Å². The Morgan fingerprint density at radius 3 is 2.76 bits per heavy atom. The number of hydrogen-bond acceptors (Lipinski definition) is 5. The molecule has 0 radical (unpaired) electrons. The number of nitrogens with two attached hydrogens (primary N) is 1.